The fourth-order valence-electron chi connectivity index (χ4n) is 4.29. The number of carbonyl (C=O) groups is 2. The zero-order valence-corrected chi connectivity index (χ0v) is 29.5. The molecule has 4 rings (SSSR count). The Morgan fingerprint density at radius 1 is 0.878 bits per heavy atom. The van der Waals surface area contributed by atoms with Crippen LogP contribution in [-0.2, 0) is 25.9 Å². The molecule has 0 bridgehead atoms. The summed E-state index contributed by atoms with van der Waals surface area (Å²) in [4.78, 5) is 41.2. The topological polar surface area (TPSA) is 206 Å². The molecule has 2 amide bonds. The van der Waals surface area contributed by atoms with Gasteiger partial charge in [-0.15, -0.1) is 0 Å². The van der Waals surface area contributed by atoms with Crippen LogP contribution in [0.1, 0.15) is 61.0 Å². The van der Waals surface area contributed by atoms with Crippen LogP contribution in [0.25, 0.3) is 34.0 Å². The predicted octanol–water partition coefficient (Wildman–Crippen LogP) is 6.10. The first kappa shape index (κ1) is 36.5. The first-order valence-electron chi connectivity index (χ1n) is 15.3. The molecule has 0 saturated heterocycles. The second kappa shape index (κ2) is 14.0. The Balaban J connectivity index is 1.86. The van der Waals surface area contributed by atoms with E-state index < -0.39 is 38.5 Å². The van der Waals surface area contributed by atoms with E-state index in [-0.39, 0.29) is 28.1 Å². The summed E-state index contributed by atoms with van der Waals surface area (Å²) in [6.45, 7) is 13.4. The predicted molar refractivity (Wildman–Crippen MR) is 185 cm³/mol. The summed E-state index contributed by atoms with van der Waals surface area (Å²) < 4.78 is 42.3. The van der Waals surface area contributed by atoms with E-state index in [1.54, 1.807) is 73.6 Å². The molecule has 2 heterocycles. The third kappa shape index (κ3) is 9.19. The normalized spacial score (nSPS) is 12.0. The minimum atomic E-state index is -3.51. The number of sulfone groups is 1. The molecule has 260 valence electrons. The van der Waals surface area contributed by atoms with E-state index in [0.29, 0.717) is 34.0 Å². The van der Waals surface area contributed by atoms with E-state index in [1.807, 2.05) is 24.3 Å². The molecule has 0 spiro atoms. The largest absolute Gasteiger partial charge is 0.443 e. The Bertz CT molecular complexity index is 1930. The Kier molecular flexibility index (Phi) is 10.5. The van der Waals surface area contributed by atoms with Gasteiger partial charge in [0.1, 0.15) is 16.9 Å². The lowest BCUT2D eigenvalue weighted by Gasteiger charge is -2.28. The minimum absolute atomic E-state index is 0.0206. The molecule has 15 heteroatoms. The number of amides is 2. The van der Waals surface area contributed by atoms with Gasteiger partial charge in [0.15, 0.2) is 33.1 Å². The van der Waals surface area contributed by atoms with Crippen molar-refractivity contribution in [2.45, 2.75) is 83.3 Å². The summed E-state index contributed by atoms with van der Waals surface area (Å²) >= 11 is 0. The van der Waals surface area contributed by atoms with Crippen molar-refractivity contribution in [2.24, 2.45) is 16.5 Å². The van der Waals surface area contributed by atoms with Gasteiger partial charge in [0.25, 0.3) is 0 Å². The summed E-state index contributed by atoms with van der Waals surface area (Å²) in [6.07, 6.45) is -0.757. The molecule has 0 saturated carbocycles. The molecular formula is C34H41N7O7S. The van der Waals surface area contributed by atoms with E-state index in [9.17, 15) is 18.0 Å². The highest BCUT2D eigenvalue weighted by Crippen LogP contribution is 2.34. The number of hydrogen-bond acceptors (Lipinski definition) is 11. The highest BCUT2D eigenvalue weighted by molar-refractivity contribution is 7.92. The quantitative estimate of drug-likeness (QED) is 0.159. The van der Waals surface area contributed by atoms with Gasteiger partial charge in [-0.2, -0.15) is 4.90 Å². The smallest absolute Gasteiger partial charge is 0.425 e. The summed E-state index contributed by atoms with van der Waals surface area (Å²) in [7, 11) is -3.51. The van der Waals surface area contributed by atoms with Crippen LogP contribution in [-0.4, -0.2) is 58.1 Å². The van der Waals surface area contributed by atoms with Crippen molar-refractivity contribution in [3.8, 4) is 34.0 Å². The average Bonchev–Trinajstić information content (AvgIpc) is 3.49. The molecule has 0 aliphatic heterocycles. The monoisotopic (exact) mass is 691 g/mol. The lowest BCUT2D eigenvalue weighted by atomic mass is 10.1. The number of aliphatic imine (C=N–C) groups is 1. The van der Waals surface area contributed by atoms with Crippen LogP contribution in [0, 0.1) is 0 Å². The molecule has 49 heavy (non-hydrogen) atoms. The van der Waals surface area contributed by atoms with Gasteiger partial charge >= 0.3 is 12.2 Å². The molecule has 4 N–H and O–H groups in total. The zero-order chi connectivity index (χ0) is 36.3. The van der Waals surface area contributed by atoms with Gasteiger partial charge < -0.3 is 25.5 Å². The van der Waals surface area contributed by atoms with Crippen LogP contribution < -0.4 is 16.4 Å². The summed E-state index contributed by atoms with van der Waals surface area (Å²) in [5, 5.41) is 3.60. The van der Waals surface area contributed by atoms with E-state index in [1.165, 1.54) is 18.3 Å². The summed E-state index contributed by atoms with van der Waals surface area (Å²) in [6, 6.07) is 15.0. The average molecular weight is 692 g/mol. The SMILES string of the molecule is CC(C)S(=O)(=O)c1ccc(-c2cnc(N(C(=O)OC(C)(C)C)C(=O)OC(C)(C)C)c(-c3cc(-c4ccc(CN=C(N)N)cc4)no3)n2)cc1. The maximum Gasteiger partial charge on any atom is 0.425 e. The van der Waals surface area contributed by atoms with Crippen molar-refractivity contribution in [3.05, 3.63) is 66.4 Å². The molecular weight excluding hydrogens is 650 g/mol. The molecule has 0 radical (unpaired) electrons. The third-order valence-electron chi connectivity index (χ3n) is 6.65. The van der Waals surface area contributed by atoms with Crippen molar-refractivity contribution in [1.29, 1.82) is 0 Å². The van der Waals surface area contributed by atoms with E-state index in [4.69, 9.17) is 30.4 Å². The number of carbonyl (C=O) groups excluding carboxylic acids is 2. The van der Waals surface area contributed by atoms with Crippen LogP contribution in [0.4, 0.5) is 15.4 Å². The second-order valence-electron chi connectivity index (χ2n) is 13.4. The fourth-order valence-corrected chi connectivity index (χ4v) is 5.35. The van der Waals surface area contributed by atoms with Crippen molar-refractivity contribution in [2.75, 3.05) is 4.90 Å². The number of benzene rings is 2. The van der Waals surface area contributed by atoms with Crippen molar-refractivity contribution in [1.82, 2.24) is 15.1 Å². The Morgan fingerprint density at radius 3 is 1.92 bits per heavy atom. The minimum Gasteiger partial charge on any atom is -0.443 e. The highest BCUT2D eigenvalue weighted by Gasteiger charge is 2.37. The highest BCUT2D eigenvalue weighted by atomic mass is 32.2. The van der Waals surface area contributed by atoms with Crippen LogP contribution >= 0.6 is 0 Å². The van der Waals surface area contributed by atoms with Gasteiger partial charge in [0.2, 0.25) is 0 Å². The number of guanidine groups is 1. The molecule has 0 aliphatic rings. The number of imide groups is 1. The Morgan fingerprint density at radius 2 is 1.41 bits per heavy atom. The molecule has 2 aromatic heterocycles. The van der Waals surface area contributed by atoms with Crippen molar-refractivity contribution >= 4 is 33.8 Å². The first-order valence-corrected chi connectivity index (χ1v) is 16.9. The number of nitrogens with two attached hydrogens (primary N) is 2. The standard InChI is InChI=1S/C34H41N7O7S/c1-20(2)49(44,45)24-15-13-23(14-16-24)26-19-37-29(41(31(42)46-33(3,4)5)32(43)47-34(6,7)8)28(39-26)27-17-25(40-48-27)22-11-9-21(10-12-22)18-38-30(35)36/h9-17,19-20H,18H2,1-8H3,(H4,35,36,38). The first-order chi connectivity index (χ1) is 22.7. The maximum absolute atomic E-state index is 13.6. The third-order valence-corrected chi connectivity index (χ3v) is 8.82. The fraction of sp³-hybridized carbons (Fsp3) is 0.353. The number of hydrogen-bond donors (Lipinski definition) is 2. The zero-order valence-electron chi connectivity index (χ0n) is 28.7. The van der Waals surface area contributed by atoms with Crippen molar-refractivity contribution < 1.29 is 32.0 Å². The number of aromatic nitrogens is 3. The molecule has 14 nitrogen and oxygen atoms in total. The van der Waals surface area contributed by atoms with Gasteiger partial charge in [-0.25, -0.2) is 33.0 Å². The van der Waals surface area contributed by atoms with Crippen LogP contribution in [0.2, 0.25) is 0 Å². The van der Waals surface area contributed by atoms with Gasteiger partial charge in [-0.05, 0) is 73.1 Å². The van der Waals surface area contributed by atoms with E-state index in [2.05, 4.69) is 15.1 Å². The maximum atomic E-state index is 13.6. The molecule has 2 aromatic carbocycles. The van der Waals surface area contributed by atoms with Gasteiger partial charge in [0.05, 0.1) is 28.6 Å². The number of ether oxygens (including phenoxy) is 2. The lowest BCUT2D eigenvalue weighted by Crippen LogP contribution is -2.44. The van der Waals surface area contributed by atoms with Crippen molar-refractivity contribution in [3.63, 3.8) is 0 Å². The Hall–Kier alpha value is -5.31. The van der Waals surface area contributed by atoms with E-state index >= 15 is 0 Å². The molecule has 0 fully saturated rings. The number of rotatable bonds is 8. The Labute approximate surface area is 285 Å². The number of anilines is 1. The van der Waals surface area contributed by atoms with Gasteiger partial charge in [0, 0.05) is 17.2 Å². The summed E-state index contributed by atoms with van der Waals surface area (Å²) in [5.74, 6) is -0.186. The van der Waals surface area contributed by atoms with Crippen LogP contribution in [0.5, 0.6) is 0 Å². The van der Waals surface area contributed by atoms with Crippen LogP contribution in [0.15, 0.2) is 75.2 Å². The molecule has 0 aliphatic carbocycles. The number of nitrogens with zero attached hydrogens (tertiary/aromatic N) is 5. The second-order valence-corrected chi connectivity index (χ2v) is 15.9. The molecule has 4 aromatic rings. The lowest BCUT2D eigenvalue weighted by molar-refractivity contribution is 0.0429. The van der Waals surface area contributed by atoms with Gasteiger partial charge in [-0.1, -0.05) is 41.6 Å². The van der Waals surface area contributed by atoms with Crippen LogP contribution in [0.3, 0.4) is 0 Å². The van der Waals surface area contributed by atoms with E-state index in [0.717, 1.165) is 5.56 Å². The van der Waals surface area contributed by atoms with Gasteiger partial charge in [-0.3, -0.25) is 0 Å². The molecule has 0 atom stereocenters. The molecule has 0 unspecified atom stereocenters. The summed E-state index contributed by atoms with van der Waals surface area (Å²) in [5.41, 5.74) is 11.7.